The van der Waals surface area contributed by atoms with Crippen molar-refractivity contribution < 1.29 is 4.79 Å². The standard InChI is InChI=1S/C18H22BrN5O/c1-23-16(14(19)10-20-23)17(25)21-15-2-3-24(22-15)18-7-11-4-12(8-18)6-13(5-11)9-18/h2-3,10-13H,4-9H2,1H3,(H,21,22,25). The number of halogens is 1. The van der Waals surface area contributed by atoms with Crippen molar-refractivity contribution in [3.05, 3.63) is 28.6 Å². The van der Waals surface area contributed by atoms with Gasteiger partial charge in [0.2, 0.25) is 0 Å². The van der Waals surface area contributed by atoms with Crippen LogP contribution >= 0.6 is 15.9 Å². The lowest BCUT2D eigenvalue weighted by Crippen LogP contribution is -2.52. The smallest absolute Gasteiger partial charge is 0.276 e. The highest BCUT2D eigenvalue weighted by Crippen LogP contribution is 2.58. The lowest BCUT2D eigenvalue weighted by Gasteiger charge is -2.56. The molecule has 6 rings (SSSR count). The fourth-order valence-electron chi connectivity index (χ4n) is 5.84. The van der Waals surface area contributed by atoms with Gasteiger partial charge in [0.25, 0.3) is 5.91 Å². The molecule has 2 heterocycles. The third-order valence-electron chi connectivity index (χ3n) is 6.43. The van der Waals surface area contributed by atoms with Gasteiger partial charge in [-0.2, -0.15) is 10.2 Å². The first-order valence-corrected chi connectivity index (χ1v) is 9.87. The summed E-state index contributed by atoms with van der Waals surface area (Å²) in [4.78, 5) is 12.5. The normalized spacial score (nSPS) is 33.0. The fraction of sp³-hybridized carbons (Fsp3) is 0.611. The first-order valence-electron chi connectivity index (χ1n) is 9.07. The van der Waals surface area contributed by atoms with Crippen LogP contribution in [-0.4, -0.2) is 25.5 Å². The highest BCUT2D eigenvalue weighted by atomic mass is 79.9. The van der Waals surface area contributed by atoms with Crippen molar-refractivity contribution in [1.29, 1.82) is 0 Å². The molecule has 0 unspecified atom stereocenters. The molecule has 132 valence electrons. The Morgan fingerprint density at radius 2 is 1.88 bits per heavy atom. The molecule has 2 aromatic heterocycles. The predicted octanol–water partition coefficient (Wildman–Crippen LogP) is 3.56. The molecule has 4 fully saturated rings. The van der Waals surface area contributed by atoms with E-state index in [-0.39, 0.29) is 11.4 Å². The summed E-state index contributed by atoms with van der Waals surface area (Å²) in [6.07, 6.45) is 11.7. The van der Waals surface area contributed by atoms with Crippen LogP contribution < -0.4 is 5.32 Å². The summed E-state index contributed by atoms with van der Waals surface area (Å²) in [5.41, 5.74) is 0.689. The number of hydrogen-bond acceptors (Lipinski definition) is 3. The Hall–Kier alpha value is -1.63. The van der Waals surface area contributed by atoms with Gasteiger partial charge in [0.15, 0.2) is 5.82 Å². The van der Waals surface area contributed by atoms with Crippen LogP contribution in [0.15, 0.2) is 22.9 Å². The van der Waals surface area contributed by atoms with E-state index in [1.165, 1.54) is 38.5 Å². The van der Waals surface area contributed by atoms with Crippen LogP contribution in [0.2, 0.25) is 0 Å². The minimum absolute atomic E-state index is 0.185. The molecule has 0 saturated heterocycles. The average Bonchev–Trinajstić information content (AvgIpc) is 3.13. The first-order chi connectivity index (χ1) is 12.0. The maximum Gasteiger partial charge on any atom is 0.276 e. The molecule has 4 aliphatic carbocycles. The molecule has 2 aromatic rings. The lowest BCUT2D eigenvalue weighted by molar-refractivity contribution is -0.0492. The van der Waals surface area contributed by atoms with Crippen molar-refractivity contribution in [2.75, 3.05) is 5.32 Å². The number of aromatic nitrogens is 4. The van der Waals surface area contributed by atoms with E-state index in [9.17, 15) is 4.79 Å². The van der Waals surface area contributed by atoms with Gasteiger partial charge < -0.3 is 5.32 Å². The number of nitrogens with one attached hydrogen (secondary N) is 1. The Morgan fingerprint density at radius 3 is 2.44 bits per heavy atom. The van der Waals surface area contributed by atoms with Crippen LogP contribution in [0.1, 0.15) is 49.0 Å². The molecule has 4 aliphatic rings. The summed E-state index contributed by atoms with van der Waals surface area (Å²) in [5, 5.41) is 11.8. The summed E-state index contributed by atoms with van der Waals surface area (Å²) in [5.74, 6) is 3.05. The minimum Gasteiger partial charge on any atom is -0.304 e. The van der Waals surface area contributed by atoms with Crippen LogP contribution in [-0.2, 0) is 12.6 Å². The molecule has 0 aromatic carbocycles. The van der Waals surface area contributed by atoms with E-state index in [1.807, 2.05) is 6.07 Å². The van der Waals surface area contributed by atoms with E-state index in [0.717, 1.165) is 17.8 Å². The van der Waals surface area contributed by atoms with Crippen molar-refractivity contribution in [2.24, 2.45) is 24.8 Å². The van der Waals surface area contributed by atoms with Crippen molar-refractivity contribution >= 4 is 27.7 Å². The second kappa shape index (κ2) is 5.43. The van der Waals surface area contributed by atoms with E-state index in [1.54, 1.807) is 17.9 Å². The molecule has 0 aliphatic heterocycles. The topological polar surface area (TPSA) is 64.7 Å². The summed E-state index contributed by atoms with van der Waals surface area (Å²) in [6, 6.07) is 1.92. The molecule has 4 saturated carbocycles. The van der Waals surface area contributed by atoms with Crippen molar-refractivity contribution in [2.45, 2.75) is 44.1 Å². The minimum atomic E-state index is -0.192. The quantitative estimate of drug-likeness (QED) is 0.851. The maximum atomic E-state index is 12.5. The van der Waals surface area contributed by atoms with Gasteiger partial charge in [-0.3, -0.25) is 14.2 Å². The largest absolute Gasteiger partial charge is 0.304 e. The van der Waals surface area contributed by atoms with Crippen LogP contribution in [0.25, 0.3) is 0 Å². The molecular formula is C18H22BrN5O. The number of carbonyl (C=O) groups excluding carboxylic acids is 1. The summed E-state index contributed by atoms with van der Waals surface area (Å²) in [7, 11) is 1.76. The van der Waals surface area contributed by atoms with Gasteiger partial charge >= 0.3 is 0 Å². The average molecular weight is 404 g/mol. The van der Waals surface area contributed by atoms with Crippen LogP contribution in [0.5, 0.6) is 0 Å². The maximum absolute atomic E-state index is 12.5. The number of rotatable bonds is 3. The Balaban J connectivity index is 1.38. The fourth-order valence-corrected chi connectivity index (χ4v) is 6.37. The van der Waals surface area contributed by atoms with Crippen molar-refractivity contribution in [3.63, 3.8) is 0 Å². The second-order valence-electron chi connectivity index (χ2n) is 8.21. The van der Waals surface area contributed by atoms with E-state index >= 15 is 0 Å². The van der Waals surface area contributed by atoms with Gasteiger partial charge in [-0.1, -0.05) is 0 Å². The van der Waals surface area contributed by atoms with Gasteiger partial charge in [0, 0.05) is 19.3 Å². The molecule has 1 amide bonds. The number of hydrogen-bond donors (Lipinski definition) is 1. The van der Waals surface area contributed by atoms with Gasteiger partial charge in [0.1, 0.15) is 5.69 Å². The Bertz CT molecular complexity index is 784. The van der Waals surface area contributed by atoms with Crippen LogP contribution in [0.4, 0.5) is 5.82 Å². The Labute approximate surface area is 155 Å². The van der Waals surface area contributed by atoms with Gasteiger partial charge in [-0.25, -0.2) is 0 Å². The van der Waals surface area contributed by atoms with Crippen LogP contribution in [0.3, 0.4) is 0 Å². The van der Waals surface area contributed by atoms with E-state index in [2.05, 4.69) is 37.2 Å². The Kier molecular flexibility index (Phi) is 3.39. The van der Waals surface area contributed by atoms with Crippen molar-refractivity contribution in [3.8, 4) is 0 Å². The van der Waals surface area contributed by atoms with Crippen LogP contribution in [0, 0.1) is 17.8 Å². The molecular weight excluding hydrogens is 382 g/mol. The number of carbonyl (C=O) groups is 1. The zero-order valence-electron chi connectivity index (χ0n) is 14.3. The summed E-state index contributed by atoms with van der Waals surface area (Å²) < 4.78 is 4.41. The third-order valence-corrected chi connectivity index (χ3v) is 7.01. The molecule has 4 bridgehead atoms. The van der Waals surface area contributed by atoms with E-state index in [0.29, 0.717) is 16.0 Å². The molecule has 6 nitrogen and oxygen atoms in total. The zero-order valence-corrected chi connectivity index (χ0v) is 15.9. The molecule has 0 spiro atoms. The van der Waals surface area contributed by atoms with Crippen molar-refractivity contribution in [1.82, 2.24) is 19.6 Å². The summed E-state index contributed by atoms with van der Waals surface area (Å²) >= 11 is 3.37. The highest BCUT2D eigenvalue weighted by Gasteiger charge is 2.52. The lowest BCUT2D eigenvalue weighted by atomic mass is 9.53. The van der Waals surface area contributed by atoms with Gasteiger partial charge in [0.05, 0.1) is 16.2 Å². The molecule has 7 heteroatoms. The SMILES string of the molecule is Cn1ncc(Br)c1C(=O)Nc1ccn(C23CC4CC(CC(C4)C2)C3)n1. The molecule has 0 atom stereocenters. The first kappa shape index (κ1) is 15.6. The molecule has 0 radical (unpaired) electrons. The van der Waals surface area contributed by atoms with E-state index in [4.69, 9.17) is 5.10 Å². The number of nitrogens with zero attached hydrogens (tertiary/aromatic N) is 4. The molecule has 1 N–H and O–H groups in total. The number of aryl methyl sites for hydroxylation is 1. The van der Waals surface area contributed by atoms with Gasteiger partial charge in [-0.05, 0) is 72.2 Å². The van der Waals surface area contributed by atoms with Gasteiger partial charge in [-0.15, -0.1) is 0 Å². The van der Waals surface area contributed by atoms with E-state index < -0.39 is 0 Å². The highest BCUT2D eigenvalue weighted by molar-refractivity contribution is 9.10. The number of amides is 1. The third kappa shape index (κ3) is 2.46. The number of anilines is 1. The Morgan fingerprint density at radius 1 is 1.24 bits per heavy atom. The predicted molar refractivity (Wildman–Crippen MR) is 97.2 cm³/mol. The second-order valence-corrected chi connectivity index (χ2v) is 9.06. The summed E-state index contributed by atoms with van der Waals surface area (Å²) in [6.45, 7) is 0. The monoisotopic (exact) mass is 403 g/mol. The molecule has 25 heavy (non-hydrogen) atoms. The zero-order chi connectivity index (χ0) is 17.2.